The first kappa shape index (κ1) is 14.9. The van der Waals surface area contributed by atoms with Gasteiger partial charge >= 0.3 is 5.97 Å². The molecule has 0 heterocycles. The number of hydrogen-bond acceptors (Lipinski definition) is 3. The number of carbonyl (C=O) groups excluding carboxylic acids is 1. The normalized spacial score (nSPS) is 22.4. The Morgan fingerprint density at radius 2 is 2.05 bits per heavy atom. The van der Waals surface area contributed by atoms with Crippen LogP contribution in [-0.4, -0.2) is 12.6 Å². The highest BCUT2D eigenvalue weighted by Crippen LogP contribution is 2.37. The Labute approximate surface area is 121 Å². The number of anilines is 1. The van der Waals surface area contributed by atoms with Crippen LogP contribution in [0.3, 0.4) is 0 Å². The summed E-state index contributed by atoms with van der Waals surface area (Å²) < 4.78 is 4.98. The molecule has 1 aliphatic rings. The minimum absolute atomic E-state index is 0.0505. The van der Waals surface area contributed by atoms with Crippen LogP contribution in [-0.2, 0) is 9.53 Å². The van der Waals surface area contributed by atoms with Crippen molar-refractivity contribution < 1.29 is 9.53 Å². The molecule has 2 N–H and O–H groups in total. The Bertz CT molecular complexity index is 436. The smallest absolute Gasteiger partial charge is 0.305 e. The van der Waals surface area contributed by atoms with Gasteiger partial charge in [0.25, 0.3) is 0 Å². The second-order valence-corrected chi connectivity index (χ2v) is 5.73. The first-order valence-electron chi connectivity index (χ1n) is 7.70. The van der Waals surface area contributed by atoms with E-state index in [1.165, 1.54) is 31.2 Å². The van der Waals surface area contributed by atoms with E-state index in [-0.39, 0.29) is 5.97 Å². The molecule has 0 bridgehead atoms. The first-order valence-corrected chi connectivity index (χ1v) is 7.70. The molecule has 1 fully saturated rings. The molecule has 1 aliphatic carbocycles. The molecule has 0 unspecified atom stereocenters. The van der Waals surface area contributed by atoms with E-state index in [4.69, 9.17) is 10.5 Å². The average molecular weight is 275 g/mol. The van der Waals surface area contributed by atoms with Gasteiger partial charge in [-0.1, -0.05) is 12.1 Å². The maximum absolute atomic E-state index is 11.4. The van der Waals surface area contributed by atoms with Crippen LogP contribution in [0.5, 0.6) is 0 Å². The van der Waals surface area contributed by atoms with Crippen molar-refractivity contribution in [1.82, 2.24) is 0 Å². The highest BCUT2D eigenvalue weighted by atomic mass is 16.5. The van der Waals surface area contributed by atoms with E-state index >= 15 is 0 Å². The van der Waals surface area contributed by atoms with Crippen molar-refractivity contribution in [2.24, 2.45) is 5.92 Å². The van der Waals surface area contributed by atoms with E-state index in [1.54, 1.807) is 0 Å². The van der Waals surface area contributed by atoms with Crippen molar-refractivity contribution in [2.45, 2.75) is 51.4 Å². The molecule has 0 radical (unpaired) electrons. The summed E-state index contributed by atoms with van der Waals surface area (Å²) >= 11 is 0. The van der Waals surface area contributed by atoms with Crippen molar-refractivity contribution in [3.8, 4) is 0 Å². The lowest BCUT2D eigenvalue weighted by Gasteiger charge is -2.28. The second kappa shape index (κ2) is 7.32. The summed E-state index contributed by atoms with van der Waals surface area (Å²) in [6.45, 7) is 2.34. The fourth-order valence-corrected chi connectivity index (χ4v) is 3.15. The molecule has 110 valence electrons. The number of esters is 1. The Morgan fingerprint density at radius 1 is 1.30 bits per heavy atom. The van der Waals surface area contributed by atoms with Gasteiger partial charge in [-0.15, -0.1) is 0 Å². The molecule has 1 aromatic rings. The van der Waals surface area contributed by atoms with Crippen molar-refractivity contribution in [2.75, 3.05) is 12.3 Å². The van der Waals surface area contributed by atoms with Gasteiger partial charge in [0.15, 0.2) is 0 Å². The van der Waals surface area contributed by atoms with Crippen LogP contribution in [0.1, 0.15) is 56.9 Å². The zero-order valence-corrected chi connectivity index (χ0v) is 12.3. The fourth-order valence-electron chi connectivity index (χ4n) is 3.15. The highest BCUT2D eigenvalue weighted by molar-refractivity contribution is 5.69. The van der Waals surface area contributed by atoms with E-state index in [9.17, 15) is 4.79 Å². The molecule has 0 spiro atoms. The molecule has 3 nitrogen and oxygen atoms in total. The van der Waals surface area contributed by atoms with Gasteiger partial charge in [-0.2, -0.15) is 0 Å². The number of nitrogens with two attached hydrogens (primary N) is 1. The highest BCUT2D eigenvalue weighted by Gasteiger charge is 2.23. The summed E-state index contributed by atoms with van der Waals surface area (Å²) in [5.41, 5.74) is 8.07. The molecule has 1 saturated carbocycles. The third kappa shape index (κ3) is 4.26. The van der Waals surface area contributed by atoms with E-state index in [1.807, 2.05) is 19.1 Å². The molecular weight excluding hydrogens is 250 g/mol. The lowest BCUT2D eigenvalue weighted by Crippen LogP contribution is -2.15. The monoisotopic (exact) mass is 275 g/mol. The largest absolute Gasteiger partial charge is 0.466 e. The zero-order valence-electron chi connectivity index (χ0n) is 12.3. The van der Waals surface area contributed by atoms with Crippen molar-refractivity contribution in [3.63, 3.8) is 0 Å². The number of carbonyl (C=O) groups is 1. The predicted octanol–water partition coefficient (Wildman–Crippen LogP) is 3.89. The maximum atomic E-state index is 11.4. The van der Waals surface area contributed by atoms with Gasteiger partial charge in [-0.25, -0.2) is 0 Å². The maximum Gasteiger partial charge on any atom is 0.305 e. The van der Waals surface area contributed by atoms with Crippen LogP contribution >= 0.6 is 0 Å². The number of benzene rings is 1. The van der Waals surface area contributed by atoms with Crippen LogP contribution in [0.15, 0.2) is 24.3 Å². The summed E-state index contributed by atoms with van der Waals surface area (Å²) in [6.07, 6.45) is 6.37. The van der Waals surface area contributed by atoms with Crippen molar-refractivity contribution in [3.05, 3.63) is 29.8 Å². The minimum Gasteiger partial charge on any atom is -0.466 e. The predicted molar refractivity (Wildman–Crippen MR) is 81.4 cm³/mol. The molecule has 0 aromatic heterocycles. The van der Waals surface area contributed by atoms with Crippen LogP contribution in [0, 0.1) is 5.92 Å². The van der Waals surface area contributed by atoms with Gasteiger partial charge < -0.3 is 10.5 Å². The fraction of sp³-hybridized carbons (Fsp3) is 0.588. The third-order valence-corrected chi connectivity index (χ3v) is 4.29. The third-order valence-electron chi connectivity index (χ3n) is 4.29. The molecule has 0 saturated heterocycles. The molecule has 0 aliphatic heterocycles. The first-order chi connectivity index (χ1) is 9.69. The standard InChI is InChI=1S/C17H25NO2/c1-2-20-17(19)11-8-13-6-9-14(10-7-13)15-4-3-5-16(18)12-15/h3-5,12-14H,2,6-11,18H2,1H3. The van der Waals surface area contributed by atoms with Crippen LogP contribution in [0.2, 0.25) is 0 Å². The van der Waals surface area contributed by atoms with E-state index in [0.29, 0.717) is 24.9 Å². The SMILES string of the molecule is CCOC(=O)CCC1CCC(c2cccc(N)c2)CC1. The Balaban J connectivity index is 1.76. The second-order valence-electron chi connectivity index (χ2n) is 5.73. The van der Waals surface area contributed by atoms with Gasteiger partial charge in [-0.05, 0) is 68.6 Å². The molecule has 3 heteroatoms. The summed E-state index contributed by atoms with van der Waals surface area (Å²) in [6, 6.07) is 8.26. The number of hydrogen-bond donors (Lipinski definition) is 1. The van der Waals surface area contributed by atoms with E-state index in [2.05, 4.69) is 12.1 Å². The van der Waals surface area contributed by atoms with Gasteiger partial charge in [0.1, 0.15) is 0 Å². The van der Waals surface area contributed by atoms with Gasteiger partial charge in [0.05, 0.1) is 6.61 Å². The summed E-state index contributed by atoms with van der Waals surface area (Å²) in [5.74, 6) is 1.26. The quantitative estimate of drug-likeness (QED) is 0.655. The Hall–Kier alpha value is -1.51. The molecule has 20 heavy (non-hydrogen) atoms. The molecule has 2 rings (SSSR count). The number of ether oxygens (including phenoxy) is 1. The molecular formula is C17H25NO2. The van der Waals surface area contributed by atoms with Crippen LogP contribution in [0.25, 0.3) is 0 Å². The number of rotatable bonds is 5. The Morgan fingerprint density at radius 3 is 2.70 bits per heavy atom. The van der Waals surface area contributed by atoms with E-state index < -0.39 is 0 Å². The topological polar surface area (TPSA) is 52.3 Å². The van der Waals surface area contributed by atoms with E-state index in [0.717, 1.165) is 12.1 Å². The van der Waals surface area contributed by atoms with Crippen LogP contribution < -0.4 is 5.73 Å². The summed E-state index contributed by atoms with van der Waals surface area (Å²) in [4.78, 5) is 11.4. The van der Waals surface area contributed by atoms with Crippen molar-refractivity contribution in [1.29, 1.82) is 0 Å². The lowest BCUT2D eigenvalue weighted by atomic mass is 9.77. The average Bonchev–Trinajstić information content (AvgIpc) is 2.46. The lowest BCUT2D eigenvalue weighted by molar-refractivity contribution is -0.143. The number of nitrogen functional groups attached to an aromatic ring is 1. The van der Waals surface area contributed by atoms with Gasteiger partial charge in [0.2, 0.25) is 0 Å². The zero-order chi connectivity index (χ0) is 14.4. The molecule has 0 atom stereocenters. The Kier molecular flexibility index (Phi) is 5.45. The van der Waals surface area contributed by atoms with Crippen molar-refractivity contribution >= 4 is 11.7 Å². The van der Waals surface area contributed by atoms with Gasteiger partial charge in [0, 0.05) is 12.1 Å². The molecule has 0 amide bonds. The summed E-state index contributed by atoms with van der Waals surface area (Å²) in [5, 5.41) is 0. The minimum atomic E-state index is -0.0505. The van der Waals surface area contributed by atoms with Crippen LogP contribution in [0.4, 0.5) is 5.69 Å². The van der Waals surface area contributed by atoms with Gasteiger partial charge in [-0.3, -0.25) is 4.79 Å². The molecule has 1 aromatic carbocycles. The summed E-state index contributed by atoms with van der Waals surface area (Å²) in [7, 11) is 0.